The molecule has 2 rings (SSSR count). The molecule has 96 valence electrons. The van der Waals surface area contributed by atoms with Gasteiger partial charge in [-0.2, -0.15) is 0 Å². The van der Waals surface area contributed by atoms with E-state index >= 15 is 0 Å². The van der Waals surface area contributed by atoms with Crippen LogP contribution in [0.4, 0.5) is 0 Å². The largest absolute Gasteiger partial charge is 0.496 e. The highest BCUT2D eigenvalue weighted by Gasteiger charge is 2.16. The number of rotatable bonds is 5. The lowest BCUT2D eigenvalue weighted by Crippen LogP contribution is -2.18. The molecule has 0 aliphatic carbocycles. The lowest BCUT2D eigenvalue weighted by Gasteiger charge is -2.17. The van der Waals surface area contributed by atoms with Crippen LogP contribution in [0.5, 0.6) is 5.75 Å². The van der Waals surface area contributed by atoms with Crippen molar-refractivity contribution in [2.45, 2.75) is 12.5 Å². The van der Waals surface area contributed by atoms with Gasteiger partial charge < -0.3 is 10.1 Å². The van der Waals surface area contributed by atoms with Gasteiger partial charge in [-0.05, 0) is 36.5 Å². The van der Waals surface area contributed by atoms with Gasteiger partial charge in [-0.15, -0.1) is 11.3 Å². The summed E-state index contributed by atoms with van der Waals surface area (Å²) in [6.45, 7) is 0. The van der Waals surface area contributed by atoms with Crippen LogP contribution in [0.15, 0.2) is 35.7 Å². The maximum atomic E-state index is 6.19. The molecule has 0 saturated carbocycles. The topological polar surface area (TPSA) is 21.3 Å². The van der Waals surface area contributed by atoms with Crippen molar-refractivity contribution in [1.82, 2.24) is 5.32 Å². The average molecular weight is 282 g/mol. The molecule has 1 aromatic heterocycles. The Hall–Kier alpha value is -1.03. The molecule has 2 aromatic rings. The summed E-state index contributed by atoms with van der Waals surface area (Å²) in [5, 5.41) is 6.16. The Balaban J connectivity index is 2.23. The SMILES string of the molecule is CNC(Cc1ccccc1OC)c1sccc1Cl. The average Bonchev–Trinajstić information content (AvgIpc) is 2.82. The van der Waals surface area contributed by atoms with E-state index in [1.807, 2.05) is 36.7 Å². The smallest absolute Gasteiger partial charge is 0.122 e. The predicted molar refractivity (Wildman–Crippen MR) is 77.8 cm³/mol. The monoisotopic (exact) mass is 281 g/mol. The molecule has 0 fully saturated rings. The number of ether oxygens (including phenoxy) is 1. The van der Waals surface area contributed by atoms with E-state index in [1.165, 1.54) is 10.4 Å². The first-order chi connectivity index (χ1) is 8.76. The van der Waals surface area contributed by atoms with Crippen molar-refractivity contribution in [2.75, 3.05) is 14.2 Å². The van der Waals surface area contributed by atoms with Gasteiger partial charge in [-0.1, -0.05) is 29.8 Å². The van der Waals surface area contributed by atoms with Crippen LogP contribution in [-0.4, -0.2) is 14.2 Å². The zero-order valence-electron chi connectivity index (χ0n) is 10.4. The van der Waals surface area contributed by atoms with E-state index in [0.29, 0.717) is 0 Å². The summed E-state index contributed by atoms with van der Waals surface area (Å²) < 4.78 is 5.38. The molecule has 1 N–H and O–H groups in total. The zero-order valence-corrected chi connectivity index (χ0v) is 12.0. The Morgan fingerprint density at radius 1 is 1.33 bits per heavy atom. The van der Waals surface area contributed by atoms with Crippen molar-refractivity contribution in [1.29, 1.82) is 0 Å². The Morgan fingerprint density at radius 2 is 2.11 bits per heavy atom. The summed E-state index contributed by atoms with van der Waals surface area (Å²) in [5.41, 5.74) is 1.18. The van der Waals surface area contributed by atoms with Crippen LogP contribution in [0, 0.1) is 0 Å². The molecule has 4 heteroatoms. The Labute approximate surface area is 117 Å². The van der Waals surface area contributed by atoms with Crippen LogP contribution in [0.3, 0.4) is 0 Å². The Bertz CT molecular complexity index is 512. The van der Waals surface area contributed by atoms with Gasteiger partial charge in [-0.25, -0.2) is 0 Å². The maximum absolute atomic E-state index is 6.19. The number of halogens is 1. The fourth-order valence-electron chi connectivity index (χ4n) is 1.97. The summed E-state index contributed by atoms with van der Waals surface area (Å²) in [7, 11) is 3.65. The fourth-order valence-corrected chi connectivity index (χ4v) is 3.27. The molecule has 2 nitrogen and oxygen atoms in total. The van der Waals surface area contributed by atoms with Gasteiger partial charge in [0.15, 0.2) is 0 Å². The molecule has 0 radical (unpaired) electrons. The van der Waals surface area contributed by atoms with Crippen molar-refractivity contribution in [3.8, 4) is 5.75 Å². The minimum atomic E-state index is 0.216. The molecule has 1 heterocycles. The lowest BCUT2D eigenvalue weighted by molar-refractivity contribution is 0.406. The number of nitrogens with one attached hydrogen (secondary N) is 1. The first-order valence-electron chi connectivity index (χ1n) is 5.78. The van der Waals surface area contributed by atoms with Gasteiger partial charge in [0.2, 0.25) is 0 Å². The van der Waals surface area contributed by atoms with Crippen molar-refractivity contribution in [2.24, 2.45) is 0 Å². The number of methoxy groups -OCH3 is 1. The molecule has 0 aliphatic rings. The summed E-state index contributed by atoms with van der Waals surface area (Å²) in [6.07, 6.45) is 0.862. The first-order valence-corrected chi connectivity index (χ1v) is 7.04. The predicted octanol–water partition coefficient (Wildman–Crippen LogP) is 3.91. The van der Waals surface area contributed by atoms with Crippen molar-refractivity contribution < 1.29 is 4.74 Å². The quantitative estimate of drug-likeness (QED) is 0.897. The molecule has 18 heavy (non-hydrogen) atoms. The number of hydrogen-bond acceptors (Lipinski definition) is 3. The second-order valence-corrected chi connectivity index (χ2v) is 5.34. The molecular weight excluding hydrogens is 266 g/mol. The molecule has 0 bridgehead atoms. The maximum Gasteiger partial charge on any atom is 0.122 e. The Kier molecular flexibility index (Phi) is 4.64. The van der Waals surface area contributed by atoms with E-state index < -0.39 is 0 Å². The van der Waals surface area contributed by atoms with Gasteiger partial charge in [-0.3, -0.25) is 0 Å². The number of para-hydroxylation sites is 1. The van der Waals surface area contributed by atoms with Crippen LogP contribution in [0.25, 0.3) is 0 Å². The normalized spacial score (nSPS) is 12.4. The standard InChI is InChI=1S/C14H16ClNOS/c1-16-12(14-11(15)7-8-18-14)9-10-5-3-4-6-13(10)17-2/h3-8,12,16H,9H2,1-2H3. The molecule has 0 spiro atoms. The van der Waals surface area contributed by atoms with Gasteiger partial charge in [0, 0.05) is 10.9 Å². The van der Waals surface area contributed by atoms with Crippen LogP contribution < -0.4 is 10.1 Å². The Morgan fingerprint density at radius 3 is 2.72 bits per heavy atom. The van der Waals surface area contributed by atoms with E-state index in [-0.39, 0.29) is 6.04 Å². The first kappa shape index (κ1) is 13.4. The fraction of sp³-hybridized carbons (Fsp3) is 0.286. The molecule has 0 amide bonds. The van der Waals surface area contributed by atoms with Crippen LogP contribution in [-0.2, 0) is 6.42 Å². The third-order valence-electron chi connectivity index (χ3n) is 2.93. The number of benzene rings is 1. The second-order valence-electron chi connectivity index (χ2n) is 3.99. The van der Waals surface area contributed by atoms with E-state index in [4.69, 9.17) is 16.3 Å². The minimum Gasteiger partial charge on any atom is -0.496 e. The van der Waals surface area contributed by atoms with Gasteiger partial charge in [0.1, 0.15) is 5.75 Å². The third-order valence-corrected chi connectivity index (χ3v) is 4.40. The third kappa shape index (κ3) is 2.86. The highest BCUT2D eigenvalue weighted by atomic mass is 35.5. The second kappa shape index (κ2) is 6.23. The van der Waals surface area contributed by atoms with Crippen LogP contribution in [0.1, 0.15) is 16.5 Å². The summed E-state index contributed by atoms with van der Waals surface area (Å²) in [6, 6.07) is 10.2. The van der Waals surface area contributed by atoms with E-state index in [0.717, 1.165) is 17.2 Å². The minimum absolute atomic E-state index is 0.216. The van der Waals surface area contributed by atoms with Crippen molar-refractivity contribution in [3.05, 3.63) is 51.2 Å². The summed E-state index contributed by atoms with van der Waals surface area (Å²) >= 11 is 7.87. The highest BCUT2D eigenvalue weighted by molar-refractivity contribution is 7.10. The van der Waals surface area contributed by atoms with Crippen molar-refractivity contribution in [3.63, 3.8) is 0 Å². The molecule has 1 unspecified atom stereocenters. The summed E-state index contributed by atoms with van der Waals surface area (Å²) in [5.74, 6) is 0.922. The van der Waals surface area contributed by atoms with Gasteiger partial charge in [0.25, 0.3) is 0 Å². The molecule has 0 saturated heterocycles. The summed E-state index contributed by atoms with van der Waals surface area (Å²) in [4.78, 5) is 1.17. The number of thiophene rings is 1. The van der Waals surface area contributed by atoms with E-state index in [9.17, 15) is 0 Å². The van der Waals surface area contributed by atoms with Crippen LogP contribution in [0.2, 0.25) is 5.02 Å². The van der Waals surface area contributed by atoms with Crippen molar-refractivity contribution >= 4 is 22.9 Å². The molecule has 1 aromatic carbocycles. The highest BCUT2D eigenvalue weighted by Crippen LogP contribution is 2.32. The lowest BCUT2D eigenvalue weighted by atomic mass is 10.0. The van der Waals surface area contributed by atoms with E-state index in [1.54, 1.807) is 18.4 Å². The van der Waals surface area contributed by atoms with Crippen LogP contribution >= 0.6 is 22.9 Å². The van der Waals surface area contributed by atoms with Gasteiger partial charge in [0.05, 0.1) is 12.1 Å². The van der Waals surface area contributed by atoms with E-state index in [2.05, 4.69) is 11.4 Å². The van der Waals surface area contributed by atoms with Gasteiger partial charge >= 0.3 is 0 Å². The molecule has 1 atom stereocenters. The molecular formula is C14H16ClNOS. The molecule has 0 aliphatic heterocycles. The zero-order chi connectivity index (χ0) is 13.0. The number of hydrogen-bond donors (Lipinski definition) is 1. The number of likely N-dealkylation sites (N-methyl/N-ethyl adjacent to an activating group) is 1.